The van der Waals surface area contributed by atoms with Crippen LogP contribution in [0.1, 0.15) is 59.5 Å². The summed E-state index contributed by atoms with van der Waals surface area (Å²) in [4.78, 5) is 7.37. The smallest absolute Gasteiger partial charge is 0.127 e. The van der Waals surface area contributed by atoms with E-state index in [1.807, 2.05) is 26.0 Å². The molecule has 37 heavy (non-hydrogen) atoms. The van der Waals surface area contributed by atoms with Crippen molar-refractivity contribution in [3.05, 3.63) is 136 Å². The highest BCUT2D eigenvalue weighted by Crippen LogP contribution is 2.32. The predicted octanol–water partition coefficient (Wildman–Crippen LogP) is 7.49. The van der Waals surface area contributed by atoms with E-state index in [0.29, 0.717) is 24.0 Å². The van der Waals surface area contributed by atoms with E-state index in [4.69, 9.17) is 0 Å². The molecule has 6 heteroatoms. The topological polar surface area (TPSA) is 28.7 Å². The van der Waals surface area contributed by atoms with E-state index in [0.717, 1.165) is 41.8 Å². The molecule has 1 heterocycles. The fourth-order valence-corrected chi connectivity index (χ4v) is 4.23. The second-order valence-electron chi connectivity index (χ2n) is 9.10. The van der Waals surface area contributed by atoms with E-state index >= 15 is 0 Å². The van der Waals surface area contributed by atoms with Gasteiger partial charge in [-0.1, -0.05) is 67.9 Å². The van der Waals surface area contributed by atoms with Gasteiger partial charge < -0.3 is 4.98 Å². The molecule has 0 saturated carbocycles. The van der Waals surface area contributed by atoms with Crippen LogP contribution in [0.15, 0.2) is 85.1 Å². The summed E-state index contributed by atoms with van der Waals surface area (Å²) < 4.78 is 41.5. The Balaban J connectivity index is 0.000000213. The van der Waals surface area contributed by atoms with E-state index in [2.05, 4.69) is 23.9 Å². The molecule has 0 bridgehead atoms. The van der Waals surface area contributed by atoms with Crippen LogP contribution in [0.5, 0.6) is 0 Å². The number of halogens is 3. The third-order valence-corrected chi connectivity index (χ3v) is 6.11. The van der Waals surface area contributed by atoms with Gasteiger partial charge in [0.2, 0.25) is 0 Å². The minimum Gasteiger partial charge on any atom is -0.346 e. The lowest BCUT2D eigenvalue weighted by atomic mass is 9.87. The molecule has 0 spiro atoms. The summed E-state index contributed by atoms with van der Waals surface area (Å²) in [7, 11) is 2.11. The van der Waals surface area contributed by atoms with Gasteiger partial charge in [-0.25, -0.2) is 18.2 Å². The van der Waals surface area contributed by atoms with Crippen LogP contribution in [0.4, 0.5) is 13.2 Å². The van der Waals surface area contributed by atoms with Gasteiger partial charge in [0.25, 0.3) is 0 Å². The average molecular weight is 502 g/mol. The maximum atomic E-state index is 14.1. The van der Waals surface area contributed by atoms with Crippen LogP contribution in [-0.2, 0) is 12.8 Å². The van der Waals surface area contributed by atoms with Crippen molar-refractivity contribution in [3.63, 3.8) is 0 Å². The quantitative estimate of drug-likeness (QED) is 0.186. The van der Waals surface area contributed by atoms with Crippen molar-refractivity contribution < 1.29 is 13.2 Å². The molecule has 0 atom stereocenters. The molecular formula is C31H34BF3N2. The molecule has 3 aromatic carbocycles. The van der Waals surface area contributed by atoms with E-state index in [-0.39, 0.29) is 23.4 Å². The average Bonchev–Trinajstić information content (AvgIpc) is 3.29. The lowest BCUT2D eigenvalue weighted by Gasteiger charge is -2.17. The number of hydrogen-bond acceptors (Lipinski definition) is 1. The van der Waals surface area contributed by atoms with Crippen molar-refractivity contribution in [3.8, 4) is 0 Å². The third kappa shape index (κ3) is 8.52. The van der Waals surface area contributed by atoms with Gasteiger partial charge in [0.1, 0.15) is 31.1 Å². The first-order chi connectivity index (χ1) is 17.9. The monoisotopic (exact) mass is 502 g/mol. The number of benzene rings is 3. The Kier molecular flexibility index (Phi) is 10.8. The summed E-state index contributed by atoms with van der Waals surface area (Å²) in [5, 5.41) is 0. The van der Waals surface area contributed by atoms with Crippen molar-refractivity contribution in [2.24, 2.45) is 0 Å². The first kappa shape index (κ1) is 28.0. The molecule has 0 saturated heterocycles. The Hall–Kier alpha value is -3.54. The predicted molar refractivity (Wildman–Crippen MR) is 148 cm³/mol. The van der Waals surface area contributed by atoms with E-state index in [9.17, 15) is 13.2 Å². The molecular weight excluding hydrogens is 468 g/mol. The molecule has 0 aliphatic rings. The third-order valence-electron chi connectivity index (χ3n) is 6.11. The van der Waals surface area contributed by atoms with Crippen LogP contribution >= 0.6 is 0 Å². The summed E-state index contributed by atoms with van der Waals surface area (Å²) in [6, 6.07) is 18.4. The number of rotatable bonds is 9. The summed E-state index contributed by atoms with van der Waals surface area (Å²) >= 11 is 0. The highest BCUT2D eigenvalue weighted by molar-refractivity contribution is 6.08. The number of aryl methyl sites for hydroxylation is 2. The number of hydrogen-bond donors (Lipinski definition) is 1. The number of H-pyrrole nitrogens is 1. The molecule has 1 aromatic heterocycles. The maximum absolute atomic E-state index is 14.1. The normalized spacial score (nSPS) is 11.1. The first-order valence-corrected chi connectivity index (χ1v) is 12.8. The second-order valence-corrected chi connectivity index (χ2v) is 9.10. The molecule has 0 aliphatic heterocycles. The SMILES string of the molecule is BCCC=CCC(c1ccccc1F)c1ccccc1F.CCc1cc(F)cc(Cc2ncc(C)[nH]2)c1. The minimum atomic E-state index is -0.291. The lowest BCUT2D eigenvalue weighted by Crippen LogP contribution is -2.05. The largest absolute Gasteiger partial charge is 0.346 e. The van der Waals surface area contributed by atoms with Crippen LogP contribution in [-0.4, -0.2) is 17.8 Å². The van der Waals surface area contributed by atoms with Crippen molar-refractivity contribution in [1.82, 2.24) is 9.97 Å². The summed E-state index contributed by atoms with van der Waals surface area (Å²) in [6.07, 6.45) is 10.0. The Morgan fingerprint density at radius 1 is 0.892 bits per heavy atom. The molecule has 0 aliphatic carbocycles. The number of imidazole rings is 1. The number of nitrogens with one attached hydrogen (secondary N) is 1. The minimum absolute atomic E-state index is 0.169. The van der Waals surface area contributed by atoms with Crippen LogP contribution < -0.4 is 0 Å². The van der Waals surface area contributed by atoms with Crippen molar-refractivity contribution in [2.75, 3.05) is 0 Å². The van der Waals surface area contributed by atoms with E-state index in [1.54, 1.807) is 54.7 Å². The van der Waals surface area contributed by atoms with E-state index in [1.165, 1.54) is 12.1 Å². The van der Waals surface area contributed by atoms with Crippen molar-refractivity contribution >= 4 is 7.85 Å². The number of aromatic nitrogens is 2. The second kappa shape index (κ2) is 14.3. The van der Waals surface area contributed by atoms with Gasteiger partial charge in [-0.15, -0.1) is 0 Å². The number of allylic oxidation sites excluding steroid dienone is 2. The summed E-state index contributed by atoms with van der Waals surface area (Å²) in [6.45, 7) is 3.98. The lowest BCUT2D eigenvalue weighted by molar-refractivity contribution is 0.572. The fourth-order valence-electron chi connectivity index (χ4n) is 4.23. The van der Waals surface area contributed by atoms with Gasteiger partial charge in [0.15, 0.2) is 0 Å². The van der Waals surface area contributed by atoms with Crippen molar-refractivity contribution in [2.45, 2.75) is 51.8 Å². The van der Waals surface area contributed by atoms with Gasteiger partial charge in [-0.2, -0.15) is 0 Å². The van der Waals surface area contributed by atoms with Gasteiger partial charge in [0.05, 0.1) is 0 Å². The van der Waals surface area contributed by atoms with E-state index < -0.39 is 0 Å². The molecule has 1 N–H and O–H groups in total. The molecule has 0 radical (unpaired) electrons. The Labute approximate surface area is 219 Å². The molecule has 0 amide bonds. The van der Waals surface area contributed by atoms with Crippen LogP contribution in [0, 0.1) is 24.4 Å². The van der Waals surface area contributed by atoms with Crippen LogP contribution in [0.3, 0.4) is 0 Å². The van der Waals surface area contributed by atoms with Crippen LogP contribution in [0.25, 0.3) is 0 Å². The maximum Gasteiger partial charge on any atom is 0.127 e. The van der Waals surface area contributed by atoms with Crippen molar-refractivity contribution in [1.29, 1.82) is 0 Å². The zero-order valence-electron chi connectivity index (χ0n) is 21.8. The molecule has 0 fully saturated rings. The number of aromatic amines is 1. The Morgan fingerprint density at radius 3 is 2.05 bits per heavy atom. The molecule has 4 aromatic rings. The van der Waals surface area contributed by atoms with Crippen LogP contribution in [0.2, 0.25) is 6.32 Å². The number of nitrogens with zero attached hydrogens (tertiary/aromatic N) is 1. The molecule has 192 valence electrons. The Morgan fingerprint density at radius 2 is 1.51 bits per heavy atom. The fraction of sp³-hybridized carbons (Fsp3) is 0.258. The van der Waals surface area contributed by atoms with Gasteiger partial charge in [0, 0.05) is 24.2 Å². The highest BCUT2D eigenvalue weighted by atomic mass is 19.1. The zero-order chi connectivity index (χ0) is 26.6. The highest BCUT2D eigenvalue weighted by Gasteiger charge is 2.19. The van der Waals surface area contributed by atoms with Gasteiger partial charge >= 0.3 is 0 Å². The molecule has 0 unspecified atom stereocenters. The molecule has 2 nitrogen and oxygen atoms in total. The van der Waals surface area contributed by atoms with Gasteiger partial charge in [-0.05, 0) is 72.7 Å². The van der Waals surface area contributed by atoms with Gasteiger partial charge in [-0.3, -0.25) is 0 Å². The Bertz CT molecular complexity index is 1250. The zero-order valence-corrected chi connectivity index (χ0v) is 21.8. The molecule has 4 rings (SSSR count). The first-order valence-electron chi connectivity index (χ1n) is 12.8. The summed E-state index contributed by atoms with van der Waals surface area (Å²) in [5.41, 5.74) is 4.11. The summed E-state index contributed by atoms with van der Waals surface area (Å²) in [5.74, 6) is -0.146. The standard InChI is InChI=1S/C18H19BF2.C13H15FN2/c19-13-7-1-2-8-14(15-9-3-5-11-17(15)20)16-10-4-6-12-18(16)21;1-3-10-4-11(6-12(14)5-10)7-13-15-8-9(2)16-13/h1-6,9-12,14H,7-8,13,19H2;4-6,8H,3,7H2,1-2H3,(H,15,16).